The number of aromatic amines is 1. The Morgan fingerprint density at radius 3 is 2.64 bits per heavy atom. The third kappa shape index (κ3) is 3.10. The van der Waals surface area contributed by atoms with Gasteiger partial charge in [-0.25, -0.2) is 5.10 Å². The Morgan fingerprint density at radius 2 is 2.05 bits per heavy atom. The molecule has 1 fully saturated rings. The van der Waals surface area contributed by atoms with Gasteiger partial charge in [-0.2, -0.15) is 5.10 Å². The van der Waals surface area contributed by atoms with Gasteiger partial charge in [-0.05, 0) is 24.4 Å². The lowest BCUT2D eigenvalue weighted by atomic mass is 10.2. The van der Waals surface area contributed by atoms with Crippen LogP contribution in [0.3, 0.4) is 0 Å². The SMILES string of the molecule is CC(c1cccs1)N1CCN(C(=O)c2ccc(=O)[nH]n2)CC1. The van der Waals surface area contributed by atoms with Gasteiger partial charge in [-0.1, -0.05) is 6.07 Å². The number of H-pyrrole nitrogens is 1. The standard InChI is InChI=1S/C15H18N4O2S/c1-11(13-3-2-10-22-13)18-6-8-19(9-7-18)15(21)12-4-5-14(20)17-16-12/h2-5,10-11H,6-9H2,1H3,(H,17,20). The van der Waals surface area contributed by atoms with Crippen LogP contribution in [0.15, 0.2) is 34.4 Å². The lowest BCUT2D eigenvalue weighted by molar-refractivity contribution is 0.0578. The van der Waals surface area contributed by atoms with Gasteiger partial charge >= 0.3 is 0 Å². The van der Waals surface area contributed by atoms with Gasteiger partial charge in [-0.3, -0.25) is 14.5 Å². The number of aromatic nitrogens is 2. The van der Waals surface area contributed by atoms with E-state index in [4.69, 9.17) is 0 Å². The summed E-state index contributed by atoms with van der Waals surface area (Å²) in [5.74, 6) is -0.125. The second kappa shape index (κ2) is 6.41. The van der Waals surface area contributed by atoms with Crippen LogP contribution in [-0.2, 0) is 0 Å². The van der Waals surface area contributed by atoms with Crippen molar-refractivity contribution in [2.45, 2.75) is 13.0 Å². The van der Waals surface area contributed by atoms with Crippen LogP contribution in [0.25, 0.3) is 0 Å². The maximum Gasteiger partial charge on any atom is 0.274 e. The van der Waals surface area contributed by atoms with Gasteiger partial charge in [0.05, 0.1) is 0 Å². The van der Waals surface area contributed by atoms with E-state index in [0.29, 0.717) is 24.8 Å². The zero-order valence-electron chi connectivity index (χ0n) is 12.4. The topological polar surface area (TPSA) is 69.3 Å². The number of amides is 1. The van der Waals surface area contributed by atoms with Gasteiger partial charge in [0.25, 0.3) is 11.5 Å². The molecule has 0 radical (unpaired) electrons. The van der Waals surface area contributed by atoms with Crippen molar-refractivity contribution in [1.82, 2.24) is 20.0 Å². The molecule has 6 nitrogen and oxygen atoms in total. The Morgan fingerprint density at radius 1 is 1.27 bits per heavy atom. The molecule has 2 aromatic heterocycles. The van der Waals surface area contributed by atoms with Crippen LogP contribution in [0.1, 0.15) is 28.3 Å². The van der Waals surface area contributed by atoms with Crippen molar-refractivity contribution >= 4 is 17.2 Å². The predicted octanol–water partition coefficient (Wildman–Crippen LogP) is 1.35. The first kappa shape index (κ1) is 14.9. The zero-order valence-corrected chi connectivity index (χ0v) is 13.2. The fourth-order valence-electron chi connectivity index (χ4n) is 2.65. The molecule has 116 valence electrons. The maximum atomic E-state index is 12.3. The summed E-state index contributed by atoms with van der Waals surface area (Å²) in [6.07, 6.45) is 0. The van der Waals surface area contributed by atoms with E-state index >= 15 is 0 Å². The van der Waals surface area contributed by atoms with E-state index in [2.05, 4.69) is 39.5 Å². The molecule has 0 bridgehead atoms. The lowest BCUT2D eigenvalue weighted by Gasteiger charge is -2.37. The number of hydrogen-bond donors (Lipinski definition) is 1. The van der Waals surface area contributed by atoms with Crippen LogP contribution in [-0.4, -0.2) is 52.1 Å². The van der Waals surface area contributed by atoms with Gasteiger partial charge in [0, 0.05) is 43.2 Å². The quantitative estimate of drug-likeness (QED) is 0.927. The van der Waals surface area contributed by atoms with Crippen LogP contribution in [0, 0.1) is 0 Å². The summed E-state index contributed by atoms with van der Waals surface area (Å²) < 4.78 is 0. The third-order valence-corrected chi connectivity index (χ3v) is 5.04. The van der Waals surface area contributed by atoms with E-state index in [1.807, 2.05) is 0 Å². The minimum atomic E-state index is -0.300. The molecule has 0 spiro atoms. The monoisotopic (exact) mass is 318 g/mol. The average Bonchev–Trinajstić information content (AvgIpc) is 3.09. The molecule has 1 unspecified atom stereocenters. The first-order valence-corrected chi connectivity index (χ1v) is 8.15. The molecule has 7 heteroatoms. The average molecular weight is 318 g/mol. The van der Waals surface area contributed by atoms with E-state index in [-0.39, 0.29) is 11.5 Å². The van der Waals surface area contributed by atoms with Crippen molar-refractivity contribution in [3.05, 3.63) is 50.6 Å². The summed E-state index contributed by atoms with van der Waals surface area (Å²) >= 11 is 1.76. The summed E-state index contributed by atoms with van der Waals surface area (Å²) in [7, 11) is 0. The van der Waals surface area contributed by atoms with Crippen molar-refractivity contribution in [2.75, 3.05) is 26.2 Å². The molecule has 1 saturated heterocycles. The van der Waals surface area contributed by atoms with Crippen molar-refractivity contribution in [3.8, 4) is 0 Å². The first-order chi connectivity index (χ1) is 10.6. The highest BCUT2D eigenvalue weighted by Crippen LogP contribution is 2.25. The number of piperazine rings is 1. The van der Waals surface area contributed by atoms with Crippen LogP contribution in [0.5, 0.6) is 0 Å². The van der Waals surface area contributed by atoms with Gasteiger partial charge < -0.3 is 4.90 Å². The zero-order chi connectivity index (χ0) is 15.5. The van der Waals surface area contributed by atoms with E-state index < -0.39 is 0 Å². The number of hydrogen-bond acceptors (Lipinski definition) is 5. The highest BCUT2D eigenvalue weighted by atomic mass is 32.1. The first-order valence-electron chi connectivity index (χ1n) is 7.27. The molecule has 2 aromatic rings. The highest BCUT2D eigenvalue weighted by Gasteiger charge is 2.26. The lowest BCUT2D eigenvalue weighted by Crippen LogP contribution is -2.49. The van der Waals surface area contributed by atoms with Crippen LogP contribution in [0.2, 0.25) is 0 Å². The van der Waals surface area contributed by atoms with Crippen LogP contribution < -0.4 is 5.56 Å². The molecule has 1 atom stereocenters. The van der Waals surface area contributed by atoms with Crippen molar-refractivity contribution in [1.29, 1.82) is 0 Å². The minimum Gasteiger partial charge on any atom is -0.335 e. The fraction of sp³-hybridized carbons (Fsp3) is 0.400. The van der Waals surface area contributed by atoms with Crippen molar-refractivity contribution in [2.24, 2.45) is 0 Å². The van der Waals surface area contributed by atoms with E-state index in [0.717, 1.165) is 13.1 Å². The minimum absolute atomic E-state index is 0.125. The molecule has 22 heavy (non-hydrogen) atoms. The van der Waals surface area contributed by atoms with Gasteiger partial charge in [0.1, 0.15) is 5.69 Å². The molecular weight excluding hydrogens is 300 g/mol. The highest BCUT2D eigenvalue weighted by molar-refractivity contribution is 7.10. The Labute approximate surface area is 132 Å². The fourth-order valence-corrected chi connectivity index (χ4v) is 3.46. The molecular formula is C15H18N4O2S. The predicted molar refractivity (Wildman–Crippen MR) is 85.1 cm³/mol. The van der Waals surface area contributed by atoms with Crippen LogP contribution >= 0.6 is 11.3 Å². The summed E-state index contributed by atoms with van der Waals surface area (Å²) in [5, 5.41) is 8.20. The van der Waals surface area contributed by atoms with Crippen LogP contribution in [0.4, 0.5) is 0 Å². The Kier molecular flexibility index (Phi) is 4.35. The van der Waals surface area contributed by atoms with Crippen molar-refractivity contribution in [3.63, 3.8) is 0 Å². The summed E-state index contributed by atoms with van der Waals surface area (Å²) in [6, 6.07) is 7.40. The molecule has 0 aliphatic carbocycles. The Bertz CT molecular complexity index is 669. The maximum absolute atomic E-state index is 12.3. The Hall–Kier alpha value is -1.99. The second-order valence-electron chi connectivity index (χ2n) is 5.33. The van der Waals surface area contributed by atoms with Gasteiger partial charge in [0.15, 0.2) is 0 Å². The van der Waals surface area contributed by atoms with E-state index in [1.165, 1.54) is 17.0 Å². The van der Waals surface area contributed by atoms with Crippen molar-refractivity contribution < 1.29 is 4.79 Å². The number of carbonyl (C=O) groups excluding carboxylic acids is 1. The molecule has 3 rings (SSSR count). The smallest absolute Gasteiger partial charge is 0.274 e. The number of thiophene rings is 1. The third-order valence-electron chi connectivity index (χ3n) is 4.00. The summed E-state index contributed by atoms with van der Waals surface area (Å²) in [5.41, 5.74) is -0.00880. The Balaban J connectivity index is 1.60. The van der Waals surface area contributed by atoms with E-state index in [9.17, 15) is 9.59 Å². The summed E-state index contributed by atoms with van der Waals surface area (Å²) in [4.78, 5) is 28.9. The largest absolute Gasteiger partial charge is 0.335 e. The molecule has 0 saturated carbocycles. The van der Waals surface area contributed by atoms with Gasteiger partial charge in [-0.15, -0.1) is 11.3 Å². The number of rotatable bonds is 3. The number of nitrogens with zero attached hydrogens (tertiary/aromatic N) is 3. The molecule has 1 N–H and O–H groups in total. The number of carbonyl (C=O) groups is 1. The summed E-state index contributed by atoms with van der Waals surface area (Å²) in [6.45, 7) is 5.24. The van der Waals surface area contributed by atoms with E-state index in [1.54, 1.807) is 16.2 Å². The normalized spacial score (nSPS) is 17.4. The molecule has 1 aliphatic rings. The molecule has 1 aliphatic heterocycles. The molecule has 1 amide bonds. The number of nitrogens with one attached hydrogen (secondary N) is 1. The van der Waals surface area contributed by atoms with Gasteiger partial charge in [0.2, 0.25) is 0 Å². The second-order valence-corrected chi connectivity index (χ2v) is 6.31. The molecule has 3 heterocycles. The molecule has 0 aromatic carbocycles.